The number of carbonyl (C=O) groups excluding carboxylic acids is 1. The first-order valence-electron chi connectivity index (χ1n) is 6.69. The topological polar surface area (TPSA) is 58.2 Å². The first-order chi connectivity index (χ1) is 10.5. The van der Waals surface area contributed by atoms with E-state index in [-0.39, 0.29) is 5.91 Å². The molecule has 2 rings (SSSR count). The fraction of sp³-hybridized carbons (Fsp3) is 0.188. The third-order valence-electron chi connectivity index (χ3n) is 3.03. The number of nitrogens with one attached hydrogen (secondary N) is 2. The molecule has 2 aromatic carbocycles. The Balaban J connectivity index is 2.04. The molecule has 4 nitrogen and oxygen atoms in total. The molecule has 0 aliphatic heterocycles. The van der Waals surface area contributed by atoms with Crippen molar-refractivity contribution in [2.24, 2.45) is 0 Å². The molecule has 0 unspecified atom stereocenters. The van der Waals surface area contributed by atoms with Gasteiger partial charge in [-0.1, -0.05) is 23.7 Å². The molecule has 0 bridgehead atoms. The minimum absolute atomic E-state index is 0.165. The summed E-state index contributed by atoms with van der Waals surface area (Å²) in [6.07, 6.45) is 1.66. The van der Waals surface area contributed by atoms with Gasteiger partial charge in [-0.05, 0) is 35.9 Å². The van der Waals surface area contributed by atoms with Crippen LogP contribution in [0.1, 0.15) is 12.5 Å². The molecule has 6 heteroatoms. The molecule has 0 radical (unpaired) electrons. The third kappa shape index (κ3) is 4.58. The van der Waals surface area contributed by atoms with Crippen molar-refractivity contribution in [2.45, 2.75) is 18.4 Å². The highest BCUT2D eigenvalue weighted by atomic mass is 35.5. The number of hydrogen-bond acceptors (Lipinski definition) is 3. The maximum Gasteiger partial charge on any atom is 0.221 e. The van der Waals surface area contributed by atoms with E-state index in [1.54, 1.807) is 18.4 Å². The van der Waals surface area contributed by atoms with Crippen LogP contribution in [0.15, 0.2) is 47.4 Å². The van der Waals surface area contributed by atoms with Crippen LogP contribution in [0.3, 0.4) is 0 Å². The summed E-state index contributed by atoms with van der Waals surface area (Å²) in [6, 6.07) is 13.0. The summed E-state index contributed by atoms with van der Waals surface area (Å²) < 4.78 is 11.3. The van der Waals surface area contributed by atoms with E-state index < -0.39 is 10.8 Å². The minimum atomic E-state index is -0.964. The van der Waals surface area contributed by atoms with Gasteiger partial charge in [0, 0.05) is 41.1 Å². The molecular weight excluding hydrogens is 320 g/mol. The quantitative estimate of drug-likeness (QED) is 0.876. The van der Waals surface area contributed by atoms with E-state index in [9.17, 15) is 9.00 Å². The average Bonchev–Trinajstić information content (AvgIpc) is 2.48. The van der Waals surface area contributed by atoms with E-state index in [4.69, 9.17) is 11.6 Å². The Bertz CT molecular complexity index is 702. The number of halogens is 1. The SMILES string of the molecule is CC(=O)Nc1cc(NCc2ccc([S@](C)=O)cc2)ccc1Cl. The predicted octanol–water partition coefficient (Wildman–Crippen LogP) is 3.65. The first kappa shape index (κ1) is 16.5. The molecule has 0 aliphatic carbocycles. The second-order valence-corrected chi connectivity index (χ2v) is 6.61. The lowest BCUT2D eigenvalue weighted by Gasteiger charge is -2.10. The van der Waals surface area contributed by atoms with Gasteiger partial charge in [0.25, 0.3) is 0 Å². The fourth-order valence-corrected chi connectivity index (χ4v) is 2.61. The molecule has 0 saturated carbocycles. The highest BCUT2D eigenvalue weighted by Crippen LogP contribution is 2.25. The Hall–Kier alpha value is -1.85. The lowest BCUT2D eigenvalue weighted by molar-refractivity contribution is -0.114. The summed E-state index contributed by atoms with van der Waals surface area (Å²) in [5.41, 5.74) is 2.51. The van der Waals surface area contributed by atoms with E-state index in [0.29, 0.717) is 17.3 Å². The van der Waals surface area contributed by atoms with E-state index in [2.05, 4.69) is 10.6 Å². The van der Waals surface area contributed by atoms with Crippen LogP contribution < -0.4 is 10.6 Å². The summed E-state index contributed by atoms with van der Waals surface area (Å²) in [7, 11) is -0.964. The highest BCUT2D eigenvalue weighted by Gasteiger charge is 2.04. The van der Waals surface area contributed by atoms with Crippen molar-refractivity contribution in [1.82, 2.24) is 0 Å². The lowest BCUT2D eigenvalue weighted by atomic mass is 10.2. The van der Waals surface area contributed by atoms with Gasteiger partial charge < -0.3 is 10.6 Å². The molecule has 0 aromatic heterocycles. The van der Waals surface area contributed by atoms with Crippen LogP contribution in [0, 0.1) is 0 Å². The largest absolute Gasteiger partial charge is 0.381 e. The lowest BCUT2D eigenvalue weighted by Crippen LogP contribution is -2.07. The molecule has 0 fully saturated rings. The average molecular weight is 337 g/mol. The fourth-order valence-electron chi connectivity index (χ4n) is 1.92. The molecule has 116 valence electrons. The van der Waals surface area contributed by atoms with Crippen molar-refractivity contribution in [2.75, 3.05) is 16.9 Å². The van der Waals surface area contributed by atoms with Crippen molar-refractivity contribution >= 4 is 39.7 Å². The van der Waals surface area contributed by atoms with Crippen molar-refractivity contribution in [3.8, 4) is 0 Å². The normalized spacial score (nSPS) is 11.8. The van der Waals surface area contributed by atoms with Gasteiger partial charge in [-0.2, -0.15) is 0 Å². The molecular formula is C16H17ClN2O2S. The number of hydrogen-bond donors (Lipinski definition) is 2. The zero-order chi connectivity index (χ0) is 16.1. The second-order valence-electron chi connectivity index (χ2n) is 4.83. The summed E-state index contributed by atoms with van der Waals surface area (Å²) in [5.74, 6) is -0.165. The Morgan fingerprint density at radius 3 is 2.45 bits per heavy atom. The van der Waals surface area contributed by atoms with Crippen molar-refractivity contribution in [3.63, 3.8) is 0 Å². The standard InChI is InChI=1S/C16H17ClN2O2S/c1-11(20)19-16-9-13(5-8-15(16)17)18-10-12-3-6-14(7-4-12)22(2)21/h3-9,18H,10H2,1-2H3,(H,19,20)/t22-/m0/s1. The molecule has 0 saturated heterocycles. The zero-order valence-electron chi connectivity index (χ0n) is 12.4. The molecule has 2 N–H and O–H groups in total. The minimum Gasteiger partial charge on any atom is -0.381 e. The molecule has 1 amide bonds. The Morgan fingerprint density at radius 1 is 1.18 bits per heavy atom. The van der Waals surface area contributed by atoms with Gasteiger partial charge in [0.2, 0.25) is 5.91 Å². The number of amides is 1. The number of anilines is 2. The number of rotatable bonds is 5. The van der Waals surface area contributed by atoms with Crippen LogP contribution in [0.2, 0.25) is 5.02 Å². The van der Waals surface area contributed by atoms with Crippen LogP contribution in [-0.2, 0) is 22.1 Å². The predicted molar refractivity (Wildman–Crippen MR) is 91.9 cm³/mol. The van der Waals surface area contributed by atoms with E-state index in [0.717, 1.165) is 16.1 Å². The first-order valence-corrected chi connectivity index (χ1v) is 8.62. The Morgan fingerprint density at radius 2 is 1.86 bits per heavy atom. The van der Waals surface area contributed by atoms with Gasteiger partial charge in [0.05, 0.1) is 10.7 Å². The summed E-state index contributed by atoms with van der Waals surface area (Å²) in [5, 5.41) is 6.45. The van der Waals surface area contributed by atoms with Crippen molar-refractivity contribution < 1.29 is 9.00 Å². The molecule has 22 heavy (non-hydrogen) atoms. The van der Waals surface area contributed by atoms with Crippen LogP contribution in [0.25, 0.3) is 0 Å². The Labute approximate surface area is 137 Å². The molecule has 0 spiro atoms. The van der Waals surface area contributed by atoms with Crippen molar-refractivity contribution in [1.29, 1.82) is 0 Å². The maximum absolute atomic E-state index is 11.3. The smallest absolute Gasteiger partial charge is 0.221 e. The van der Waals surface area contributed by atoms with Crippen LogP contribution >= 0.6 is 11.6 Å². The molecule has 0 aliphatic rings. The van der Waals surface area contributed by atoms with Gasteiger partial charge in [0.15, 0.2) is 0 Å². The third-order valence-corrected chi connectivity index (χ3v) is 4.29. The number of carbonyl (C=O) groups is 1. The summed E-state index contributed by atoms with van der Waals surface area (Å²) >= 11 is 6.03. The van der Waals surface area contributed by atoms with E-state index >= 15 is 0 Å². The molecule has 1 atom stereocenters. The highest BCUT2D eigenvalue weighted by molar-refractivity contribution is 7.84. The van der Waals surface area contributed by atoms with Gasteiger partial charge >= 0.3 is 0 Å². The van der Waals surface area contributed by atoms with Gasteiger partial charge in [-0.3, -0.25) is 9.00 Å². The van der Waals surface area contributed by atoms with Gasteiger partial charge in [0.1, 0.15) is 0 Å². The summed E-state index contributed by atoms with van der Waals surface area (Å²) in [6.45, 7) is 2.06. The van der Waals surface area contributed by atoms with E-state index in [1.165, 1.54) is 6.92 Å². The van der Waals surface area contributed by atoms with Crippen molar-refractivity contribution in [3.05, 3.63) is 53.1 Å². The summed E-state index contributed by atoms with van der Waals surface area (Å²) in [4.78, 5) is 11.9. The van der Waals surface area contributed by atoms with E-state index in [1.807, 2.05) is 30.3 Å². The molecule has 0 heterocycles. The number of benzene rings is 2. The second kappa shape index (κ2) is 7.42. The Kier molecular flexibility index (Phi) is 5.57. The van der Waals surface area contributed by atoms with Gasteiger partial charge in [-0.25, -0.2) is 0 Å². The monoisotopic (exact) mass is 336 g/mol. The van der Waals surface area contributed by atoms with Crippen LogP contribution in [-0.4, -0.2) is 16.4 Å². The maximum atomic E-state index is 11.3. The zero-order valence-corrected chi connectivity index (χ0v) is 13.9. The molecule has 2 aromatic rings. The van der Waals surface area contributed by atoms with Gasteiger partial charge in [-0.15, -0.1) is 0 Å². The van der Waals surface area contributed by atoms with Crippen LogP contribution in [0.5, 0.6) is 0 Å². The van der Waals surface area contributed by atoms with Crippen LogP contribution in [0.4, 0.5) is 11.4 Å².